The lowest BCUT2D eigenvalue weighted by Gasteiger charge is -2.37. The highest BCUT2D eigenvalue weighted by atomic mass is 32.2. The van der Waals surface area contributed by atoms with E-state index < -0.39 is 10.0 Å². The van der Waals surface area contributed by atoms with Crippen molar-refractivity contribution in [2.24, 2.45) is 0 Å². The summed E-state index contributed by atoms with van der Waals surface area (Å²) in [5, 5.41) is 0. The largest absolute Gasteiger partial charge is 0.497 e. The molecule has 1 fully saturated rings. The molecule has 1 heterocycles. The first-order valence-corrected chi connectivity index (χ1v) is 13.1. The number of carbonyl (C=O) groups excluding carboxylic acids is 1. The highest BCUT2D eigenvalue weighted by Gasteiger charge is 2.31. The van der Waals surface area contributed by atoms with Crippen LogP contribution in [-0.4, -0.2) is 59.1 Å². The second-order valence-corrected chi connectivity index (χ2v) is 10.5. The smallest absolute Gasteiger partial charge is 0.264 e. The van der Waals surface area contributed by atoms with Gasteiger partial charge in [-0.15, -0.1) is 0 Å². The Morgan fingerprint density at radius 2 is 1.54 bits per heavy atom. The van der Waals surface area contributed by atoms with Crippen molar-refractivity contribution >= 4 is 27.3 Å². The van der Waals surface area contributed by atoms with Crippen molar-refractivity contribution in [1.82, 2.24) is 4.90 Å². The van der Waals surface area contributed by atoms with Crippen molar-refractivity contribution in [2.75, 3.05) is 49.0 Å². The zero-order chi connectivity index (χ0) is 25.0. The van der Waals surface area contributed by atoms with E-state index >= 15 is 0 Å². The summed E-state index contributed by atoms with van der Waals surface area (Å²) in [6, 6.07) is 21.6. The third kappa shape index (κ3) is 5.27. The van der Waals surface area contributed by atoms with Gasteiger partial charge in [-0.2, -0.15) is 0 Å². The van der Waals surface area contributed by atoms with Gasteiger partial charge in [0.1, 0.15) is 12.3 Å². The van der Waals surface area contributed by atoms with Gasteiger partial charge in [0.15, 0.2) is 0 Å². The molecule has 3 aromatic rings. The monoisotopic (exact) mass is 493 g/mol. The Balaban J connectivity index is 1.53. The van der Waals surface area contributed by atoms with Gasteiger partial charge >= 0.3 is 0 Å². The van der Waals surface area contributed by atoms with Crippen LogP contribution in [0.5, 0.6) is 5.75 Å². The van der Waals surface area contributed by atoms with E-state index in [1.165, 1.54) is 4.31 Å². The molecular formula is C27H31N3O4S. The minimum absolute atomic E-state index is 0.165. The maximum Gasteiger partial charge on any atom is 0.264 e. The normalized spacial score (nSPS) is 14.0. The second kappa shape index (κ2) is 10.4. The predicted molar refractivity (Wildman–Crippen MR) is 139 cm³/mol. The SMILES string of the molecule is COc1ccc(N2CCN(C(=O)CN(c3cccc(C)c3C)S(=O)(=O)c3ccccc3)CC2)cc1. The third-order valence-corrected chi connectivity index (χ3v) is 8.30. The molecule has 0 aromatic heterocycles. The molecule has 0 spiro atoms. The maximum absolute atomic E-state index is 13.6. The molecule has 1 amide bonds. The number of hydrogen-bond donors (Lipinski definition) is 0. The molecule has 0 radical (unpaired) electrons. The van der Waals surface area contributed by atoms with Crippen LogP contribution in [0.4, 0.5) is 11.4 Å². The van der Waals surface area contributed by atoms with Crippen molar-refractivity contribution < 1.29 is 17.9 Å². The molecule has 7 nitrogen and oxygen atoms in total. The summed E-state index contributed by atoms with van der Waals surface area (Å²) in [5.41, 5.74) is 3.40. The summed E-state index contributed by atoms with van der Waals surface area (Å²) in [4.78, 5) is 17.5. The van der Waals surface area contributed by atoms with Crippen LogP contribution < -0.4 is 13.9 Å². The molecule has 1 aliphatic rings. The van der Waals surface area contributed by atoms with Gasteiger partial charge in [-0.05, 0) is 67.4 Å². The molecule has 0 saturated carbocycles. The summed E-state index contributed by atoms with van der Waals surface area (Å²) >= 11 is 0. The molecule has 0 N–H and O–H groups in total. The molecule has 0 aliphatic carbocycles. The number of methoxy groups -OCH3 is 1. The number of benzene rings is 3. The quantitative estimate of drug-likeness (QED) is 0.500. The highest BCUT2D eigenvalue weighted by Crippen LogP contribution is 2.29. The van der Waals surface area contributed by atoms with Crippen LogP contribution in [-0.2, 0) is 14.8 Å². The topological polar surface area (TPSA) is 70.2 Å². The number of sulfonamides is 1. The lowest BCUT2D eigenvalue weighted by Crippen LogP contribution is -2.52. The van der Waals surface area contributed by atoms with E-state index in [2.05, 4.69) is 4.90 Å². The molecule has 1 saturated heterocycles. The Labute approximate surface area is 207 Å². The van der Waals surface area contributed by atoms with Gasteiger partial charge in [-0.1, -0.05) is 30.3 Å². The van der Waals surface area contributed by atoms with Crippen LogP contribution in [0, 0.1) is 13.8 Å². The first kappa shape index (κ1) is 24.6. The number of ether oxygens (including phenoxy) is 1. The van der Waals surface area contributed by atoms with E-state index in [0.717, 1.165) is 22.6 Å². The molecule has 8 heteroatoms. The molecule has 0 atom stereocenters. The fourth-order valence-corrected chi connectivity index (χ4v) is 5.75. The number of carbonyl (C=O) groups is 1. The fraction of sp³-hybridized carbons (Fsp3) is 0.296. The van der Waals surface area contributed by atoms with E-state index in [9.17, 15) is 13.2 Å². The van der Waals surface area contributed by atoms with Crippen molar-refractivity contribution in [3.05, 3.63) is 83.9 Å². The Hall–Kier alpha value is -3.52. The van der Waals surface area contributed by atoms with Crippen molar-refractivity contribution in [3.8, 4) is 5.75 Å². The van der Waals surface area contributed by atoms with E-state index in [-0.39, 0.29) is 17.3 Å². The lowest BCUT2D eigenvalue weighted by molar-refractivity contribution is -0.129. The zero-order valence-electron chi connectivity index (χ0n) is 20.3. The van der Waals surface area contributed by atoms with E-state index in [0.29, 0.717) is 31.9 Å². The minimum atomic E-state index is -3.92. The van der Waals surface area contributed by atoms with Gasteiger partial charge < -0.3 is 14.5 Å². The summed E-state index contributed by atoms with van der Waals surface area (Å²) in [5.74, 6) is 0.591. The van der Waals surface area contributed by atoms with Crippen molar-refractivity contribution in [3.63, 3.8) is 0 Å². The van der Waals surface area contributed by atoms with E-state index in [4.69, 9.17) is 4.74 Å². The number of aryl methyl sites for hydroxylation is 1. The summed E-state index contributed by atoms with van der Waals surface area (Å²) in [7, 11) is -2.29. The average molecular weight is 494 g/mol. The van der Waals surface area contributed by atoms with Crippen LogP contribution in [0.15, 0.2) is 77.7 Å². The standard InChI is InChI=1S/C27H31N3O4S/c1-21-8-7-11-26(22(21)2)30(35(32,33)25-9-5-4-6-10-25)20-27(31)29-18-16-28(17-19-29)23-12-14-24(34-3)15-13-23/h4-15H,16-20H2,1-3H3. The minimum Gasteiger partial charge on any atom is -0.497 e. The molecule has 4 rings (SSSR count). The lowest BCUT2D eigenvalue weighted by atomic mass is 10.1. The van der Waals surface area contributed by atoms with Crippen LogP contribution >= 0.6 is 0 Å². The van der Waals surface area contributed by atoms with Crippen LogP contribution in [0.3, 0.4) is 0 Å². The number of amides is 1. The average Bonchev–Trinajstić information content (AvgIpc) is 2.89. The number of rotatable bonds is 7. The Morgan fingerprint density at radius 3 is 2.17 bits per heavy atom. The predicted octanol–water partition coefficient (Wildman–Crippen LogP) is 3.86. The molecule has 3 aromatic carbocycles. The third-order valence-electron chi connectivity index (χ3n) is 6.52. The Kier molecular flexibility index (Phi) is 7.31. The number of hydrogen-bond acceptors (Lipinski definition) is 5. The van der Waals surface area contributed by atoms with Gasteiger partial charge in [-0.3, -0.25) is 9.10 Å². The Morgan fingerprint density at radius 1 is 0.886 bits per heavy atom. The summed E-state index contributed by atoms with van der Waals surface area (Å²) in [6.07, 6.45) is 0. The number of nitrogens with zero attached hydrogens (tertiary/aromatic N) is 3. The Bertz CT molecular complexity index is 1270. The van der Waals surface area contributed by atoms with Gasteiger partial charge in [0, 0.05) is 31.9 Å². The van der Waals surface area contributed by atoms with E-state index in [1.807, 2.05) is 50.2 Å². The number of anilines is 2. The summed E-state index contributed by atoms with van der Waals surface area (Å²) < 4.78 is 33.8. The van der Waals surface area contributed by atoms with Gasteiger partial charge in [0.25, 0.3) is 10.0 Å². The maximum atomic E-state index is 13.6. The van der Waals surface area contributed by atoms with Crippen LogP contribution in [0.2, 0.25) is 0 Å². The van der Waals surface area contributed by atoms with Gasteiger partial charge in [0.05, 0.1) is 17.7 Å². The molecular weight excluding hydrogens is 462 g/mol. The second-order valence-electron chi connectivity index (χ2n) is 8.61. The van der Waals surface area contributed by atoms with E-state index in [1.54, 1.807) is 48.4 Å². The summed E-state index contributed by atoms with van der Waals surface area (Å²) in [6.45, 7) is 5.97. The van der Waals surface area contributed by atoms with Gasteiger partial charge in [-0.25, -0.2) is 8.42 Å². The van der Waals surface area contributed by atoms with Crippen LogP contribution in [0.1, 0.15) is 11.1 Å². The molecule has 1 aliphatic heterocycles. The number of piperazine rings is 1. The molecule has 0 bridgehead atoms. The zero-order valence-corrected chi connectivity index (χ0v) is 21.2. The highest BCUT2D eigenvalue weighted by molar-refractivity contribution is 7.92. The first-order valence-electron chi connectivity index (χ1n) is 11.6. The van der Waals surface area contributed by atoms with Crippen LogP contribution in [0.25, 0.3) is 0 Å². The van der Waals surface area contributed by atoms with Gasteiger partial charge in [0.2, 0.25) is 5.91 Å². The molecule has 35 heavy (non-hydrogen) atoms. The first-order chi connectivity index (χ1) is 16.8. The van der Waals surface area contributed by atoms with Crippen molar-refractivity contribution in [2.45, 2.75) is 18.7 Å². The van der Waals surface area contributed by atoms with Crippen molar-refractivity contribution in [1.29, 1.82) is 0 Å². The molecule has 184 valence electrons. The fourth-order valence-electron chi connectivity index (χ4n) is 4.26. The molecule has 0 unspecified atom stereocenters.